The molecular weight excluding hydrogens is 396 g/mol. The molecule has 4 N–H and O–H groups in total. The van der Waals surface area contributed by atoms with Crippen LogP contribution in [-0.4, -0.2) is 108 Å². The van der Waals surface area contributed by atoms with Crippen molar-refractivity contribution in [2.45, 2.75) is 46.1 Å². The van der Waals surface area contributed by atoms with Gasteiger partial charge in [0.1, 0.15) is 6.04 Å². The molecule has 1 atom stereocenters. The fraction of sp³-hybridized carbons (Fsp3) is 0.800. The second kappa shape index (κ2) is 25.8. The van der Waals surface area contributed by atoms with E-state index in [1.54, 1.807) is 0 Å². The van der Waals surface area contributed by atoms with Gasteiger partial charge in [0.2, 0.25) is 11.8 Å². The summed E-state index contributed by atoms with van der Waals surface area (Å²) in [4.78, 5) is 24.9. The molecule has 23 heavy (non-hydrogen) atoms. The molecule has 2 amide bonds. The normalized spacial score (nSPS) is 9.87. The molecule has 0 aromatic carbocycles. The van der Waals surface area contributed by atoms with Crippen molar-refractivity contribution in [1.82, 2.24) is 15.5 Å². The number of amides is 2. The number of likely N-dealkylation sites (N-methyl/N-ethyl adjacent to an activating group) is 1. The summed E-state index contributed by atoms with van der Waals surface area (Å²) in [7, 11) is 3.89. The van der Waals surface area contributed by atoms with Crippen molar-refractivity contribution in [3.63, 3.8) is 0 Å². The number of nitrogens with zero attached hydrogens (tertiary/aromatic N) is 1. The molecule has 0 aromatic rings. The first-order valence-electron chi connectivity index (χ1n) is 7.37. The number of rotatable bonds is 9. The van der Waals surface area contributed by atoms with Crippen LogP contribution in [0.15, 0.2) is 0 Å². The van der Waals surface area contributed by atoms with Crippen molar-refractivity contribution in [3.05, 3.63) is 7.43 Å². The summed E-state index contributed by atoms with van der Waals surface area (Å²) in [6, 6.07) is -0.448. The molecule has 0 heterocycles. The third-order valence-electron chi connectivity index (χ3n) is 2.50. The van der Waals surface area contributed by atoms with Gasteiger partial charge in [0.25, 0.3) is 0 Å². The van der Waals surface area contributed by atoms with Gasteiger partial charge in [-0.15, -0.1) is 0 Å². The summed E-state index contributed by atoms with van der Waals surface area (Å²) in [5.41, 5.74) is 5.41. The quantitative estimate of drug-likeness (QED) is 0.280. The Morgan fingerprint density at radius 2 is 1.70 bits per heavy atom. The Kier molecular flexibility index (Phi) is 40.1. The molecule has 0 aliphatic rings. The van der Waals surface area contributed by atoms with Crippen LogP contribution < -0.4 is 16.4 Å². The van der Waals surface area contributed by atoms with Crippen LogP contribution in [-0.2, 0) is 42.3 Å². The average Bonchev–Trinajstić information content (AvgIpc) is 2.39. The Morgan fingerprint density at radius 1 is 1.17 bits per heavy atom. The van der Waals surface area contributed by atoms with E-state index in [2.05, 4.69) is 10.6 Å². The summed E-state index contributed by atoms with van der Waals surface area (Å²) >= 11 is 0. The number of carbonyl (C=O) groups excluding carboxylic acids is 2. The minimum Gasteiger partial charge on any atom is -0.358 e. The Bertz CT molecular complexity index is 270. The number of hydrogen-bond donors (Lipinski definition) is 3. The summed E-state index contributed by atoms with van der Waals surface area (Å²) in [6.07, 6.45) is 2.33. The maximum Gasteiger partial charge on any atom is 0.242 e. The van der Waals surface area contributed by atoms with E-state index >= 15 is 0 Å². The Labute approximate surface area is 211 Å². The molecule has 0 saturated carbocycles. The minimum absolute atomic E-state index is 0. The third kappa shape index (κ3) is 25.9. The zero-order valence-electron chi connectivity index (χ0n) is 16.2. The minimum atomic E-state index is -0.448. The van der Waals surface area contributed by atoms with Gasteiger partial charge >= 0.3 is 0 Å². The van der Waals surface area contributed by atoms with Crippen molar-refractivity contribution < 1.29 is 42.3 Å². The van der Waals surface area contributed by atoms with Crippen molar-refractivity contribution in [2.24, 2.45) is 5.73 Å². The second-order valence-electron chi connectivity index (χ2n) is 4.63. The monoisotopic (exact) mass is 431 g/mol. The van der Waals surface area contributed by atoms with Crippen LogP contribution in [0.25, 0.3) is 0 Å². The summed E-state index contributed by atoms with van der Waals surface area (Å²) in [5, 5.41) is 5.49. The molecule has 8 heteroatoms. The van der Waals surface area contributed by atoms with Crippen LogP contribution >= 0.6 is 0 Å². The number of carbonyl (C=O) groups is 2. The molecule has 2 radical (unpaired) electrons. The van der Waals surface area contributed by atoms with E-state index in [-0.39, 0.29) is 103 Å². The van der Waals surface area contributed by atoms with Gasteiger partial charge in [0.05, 0.1) is 0 Å². The van der Waals surface area contributed by atoms with Gasteiger partial charge in [0.15, 0.2) is 0 Å². The van der Waals surface area contributed by atoms with Gasteiger partial charge in [-0.1, -0.05) is 13.8 Å². The fourth-order valence-electron chi connectivity index (χ4n) is 1.53. The third-order valence-corrected chi connectivity index (χ3v) is 2.50. The summed E-state index contributed by atoms with van der Waals surface area (Å²) < 4.78 is 0. The Morgan fingerprint density at radius 3 is 2.09 bits per heavy atom. The summed E-state index contributed by atoms with van der Waals surface area (Å²) in [6.45, 7) is 7.39. The van der Waals surface area contributed by atoms with Gasteiger partial charge in [-0.2, -0.15) is 0 Å². The van der Waals surface area contributed by atoms with Crippen LogP contribution in [0.2, 0.25) is 0 Å². The van der Waals surface area contributed by atoms with E-state index in [9.17, 15) is 9.59 Å². The van der Waals surface area contributed by atoms with E-state index in [0.717, 1.165) is 19.4 Å². The number of nitrogens with two attached hydrogens (primary N) is 1. The van der Waals surface area contributed by atoms with E-state index in [1.165, 1.54) is 6.92 Å². The largest absolute Gasteiger partial charge is 0.358 e. The van der Waals surface area contributed by atoms with Gasteiger partial charge in [-0.05, 0) is 39.9 Å². The topological polar surface area (TPSA) is 87.5 Å². The molecule has 0 aliphatic carbocycles. The van der Waals surface area contributed by atoms with Crippen molar-refractivity contribution >= 4 is 63.2 Å². The van der Waals surface area contributed by atoms with Crippen LogP contribution in [0, 0.1) is 7.43 Å². The summed E-state index contributed by atoms with van der Waals surface area (Å²) in [5.74, 6) is -0.306. The standard InChI is InChI=1S/C12H26N4O2.C2H6.CH3.K.Y/c1-10(17)15-11(6-4-5-7-13)12(18)14-8-9-16(2)3;1-2;;;/h11H,4-9,13H2,1-3H3,(H,14,18)(H,15,17);1-2H3;1H3;;/q;;-1;;. The average molecular weight is 431 g/mol. The van der Waals surface area contributed by atoms with Crippen molar-refractivity contribution in [3.8, 4) is 0 Å². The molecule has 0 aromatic heterocycles. The Hall–Kier alpha value is 1.60. The molecule has 0 aliphatic heterocycles. The van der Waals surface area contributed by atoms with Crippen LogP contribution in [0.3, 0.4) is 0 Å². The van der Waals surface area contributed by atoms with E-state index in [0.29, 0.717) is 19.5 Å². The molecule has 0 rings (SSSR count). The molecule has 0 saturated heterocycles. The van der Waals surface area contributed by atoms with E-state index < -0.39 is 6.04 Å². The van der Waals surface area contributed by atoms with Gasteiger partial charge < -0.3 is 28.7 Å². The molecular formula is C15H35KN4O2Y-. The van der Waals surface area contributed by atoms with E-state index in [4.69, 9.17) is 5.73 Å². The molecule has 0 bridgehead atoms. The molecule has 132 valence electrons. The fourth-order valence-corrected chi connectivity index (χ4v) is 1.53. The maximum absolute atomic E-state index is 11.9. The molecule has 0 spiro atoms. The van der Waals surface area contributed by atoms with Gasteiger partial charge in [-0.25, -0.2) is 0 Å². The zero-order chi connectivity index (χ0) is 16.0. The first kappa shape index (κ1) is 35.7. The SMILES string of the molecule is CC.CC(=O)NC(CCCCN)C(=O)NCCN(C)C.[CH3-].[K].[Y]. The van der Waals surface area contributed by atoms with E-state index in [1.807, 2.05) is 32.8 Å². The molecule has 1 unspecified atom stereocenters. The first-order chi connectivity index (χ1) is 9.47. The maximum atomic E-state index is 11.9. The first-order valence-corrected chi connectivity index (χ1v) is 7.37. The van der Waals surface area contributed by atoms with Crippen LogP contribution in [0.5, 0.6) is 0 Å². The van der Waals surface area contributed by atoms with Gasteiger partial charge in [0, 0.05) is 104 Å². The number of nitrogens with one attached hydrogen (secondary N) is 2. The van der Waals surface area contributed by atoms with Gasteiger partial charge in [-0.3, -0.25) is 9.59 Å². The van der Waals surface area contributed by atoms with Crippen LogP contribution in [0.1, 0.15) is 40.0 Å². The molecule has 6 nitrogen and oxygen atoms in total. The smallest absolute Gasteiger partial charge is 0.242 e. The number of hydrogen-bond acceptors (Lipinski definition) is 4. The van der Waals surface area contributed by atoms with Crippen LogP contribution in [0.4, 0.5) is 0 Å². The van der Waals surface area contributed by atoms with Crippen molar-refractivity contribution in [2.75, 3.05) is 33.7 Å². The van der Waals surface area contributed by atoms with Crippen molar-refractivity contribution in [1.29, 1.82) is 0 Å². The predicted molar refractivity (Wildman–Crippen MR) is 95.6 cm³/mol. The Balaban J connectivity index is -0.000000207. The number of unbranched alkanes of at least 4 members (excludes halogenated alkanes) is 1. The predicted octanol–water partition coefficient (Wildman–Crippen LogP) is 0.391. The molecule has 0 fully saturated rings. The zero-order valence-corrected chi connectivity index (χ0v) is 22.2. The second-order valence-corrected chi connectivity index (χ2v) is 4.63.